The first-order valence-corrected chi connectivity index (χ1v) is 8.34. The van der Waals surface area contributed by atoms with Gasteiger partial charge in [-0.05, 0) is 13.8 Å². The third-order valence-corrected chi connectivity index (χ3v) is 4.76. The number of aromatic nitrogens is 2. The Hall–Kier alpha value is -0.800. The molecule has 1 aromatic rings. The molecule has 6 nitrogen and oxygen atoms in total. The van der Waals surface area contributed by atoms with Crippen molar-refractivity contribution in [1.82, 2.24) is 10.2 Å². The molecule has 0 atom stereocenters. The van der Waals surface area contributed by atoms with E-state index in [1.807, 2.05) is 0 Å². The van der Waals surface area contributed by atoms with Gasteiger partial charge >= 0.3 is 11.9 Å². The summed E-state index contributed by atoms with van der Waals surface area (Å²) in [4.78, 5) is 22.3. The first-order chi connectivity index (χ1) is 9.15. The van der Waals surface area contributed by atoms with Gasteiger partial charge in [-0.15, -0.1) is 10.2 Å². The summed E-state index contributed by atoms with van der Waals surface area (Å²) in [5, 5.41) is 7.85. The molecule has 0 aliphatic carbocycles. The number of carbonyl (C=O) groups excluding carboxylic acids is 2. The molecule has 0 N–H and O–H groups in total. The van der Waals surface area contributed by atoms with Crippen molar-refractivity contribution in [3.8, 4) is 0 Å². The van der Waals surface area contributed by atoms with E-state index in [4.69, 9.17) is 9.47 Å². The summed E-state index contributed by atoms with van der Waals surface area (Å²) >= 11 is 3.89. The van der Waals surface area contributed by atoms with Gasteiger partial charge in [-0.25, -0.2) is 0 Å². The van der Waals surface area contributed by atoms with Crippen LogP contribution in [-0.4, -0.2) is 46.9 Å². The fourth-order valence-corrected chi connectivity index (χ4v) is 3.58. The lowest BCUT2D eigenvalue weighted by molar-refractivity contribution is -0.140. The second-order valence-electron chi connectivity index (χ2n) is 3.02. The van der Waals surface area contributed by atoms with Crippen LogP contribution in [0, 0.1) is 0 Å². The van der Waals surface area contributed by atoms with Crippen LogP contribution < -0.4 is 0 Å². The molecule has 0 fully saturated rings. The molecule has 0 aliphatic rings. The normalized spacial score (nSPS) is 10.2. The first-order valence-electron chi connectivity index (χ1n) is 5.56. The molecule has 19 heavy (non-hydrogen) atoms. The van der Waals surface area contributed by atoms with E-state index in [9.17, 15) is 9.59 Å². The fourth-order valence-electron chi connectivity index (χ4n) is 0.960. The maximum Gasteiger partial charge on any atom is 0.316 e. The Balaban J connectivity index is 2.32. The highest BCUT2D eigenvalue weighted by atomic mass is 32.2. The predicted molar refractivity (Wildman–Crippen MR) is 74.6 cm³/mol. The molecule has 1 heterocycles. The maximum atomic E-state index is 11.2. The van der Waals surface area contributed by atoms with Crippen LogP contribution in [-0.2, 0) is 19.1 Å². The highest BCUT2D eigenvalue weighted by Gasteiger charge is 2.10. The number of rotatable bonds is 8. The van der Waals surface area contributed by atoms with Crippen molar-refractivity contribution < 1.29 is 19.1 Å². The number of thioether (sulfide) groups is 2. The van der Waals surface area contributed by atoms with Gasteiger partial charge in [0.15, 0.2) is 8.68 Å². The summed E-state index contributed by atoms with van der Waals surface area (Å²) in [6.45, 7) is 4.27. The van der Waals surface area contributed by atoms with E-state index in [1.54, 1.807) is 13.8 Å². The summed E-state index contributed by atoms with van der Waals surface area (Å²) in [5.74, 6) is -0.123. The smallest absolute Gasteiger partial charge is 0.316 e. The van der Waals surface area contributed by atoms with Gasteiger partial charge in [0.25, 0.3) is 0 Å². The minimum absolute atomic E-state index is 0.213. The van der Waals surface area contributed by atoms with Crippen molar-refractivity contribution in [3.63, 3.8) is 0 Å². The first kappa shape index (κ1) is 16.3. The highest BCUT2D eigenvalue weighted by Crippen LogP contribution is 2.28. The molecule has 106 valence electrons. The molecular weight excluding hydrogens is 308 g/mol. The van der Waals surface area contributed by atoms with Crippen molar-refractivity contribution >= 4 is 46.8 Å². The third kappa shape index (κ3) is 6.79. The molecule has 0 aliphatic heterocycles. The zero-order valence-corrected chi connectivity index (χ0v) is 13.0. The van der Waals surface area contributed by atoms with E-state index >= 15 is 0 Å². The van der Waals surface area contributed by atoms with Crippen LogP contribution in [0.1, 0.15) is 13.8 Å². The summed E-state index contributed by atoms with van der Waals surface area (Å²) in [5.41, 5.74) is 0. The molecule has 0 aromatic carbocycles. The van der Waals surface area contributed by atoms with Crippen LogP contribution in [0.25, 0.3) is 0 Å². The van der Waals surface area contributed by atoms with E-state index in [1.165, 1.54) is 34.9 Å². The molecule has 0 saturated carbocycles. The summed E-state index contributed by atoms with van der Waals surface area (Å²) in [6.07, 6.45) is 0. The van der Waals surface area contributed by atoms with E-state index in [0.29, 0.717) is 21.9 Å². The standard InChI is InChI=1S/C10H14N2O4S3/c1-3-15-7(13)5-17-9-11-12-10(19-9)18-6-8(14)16-4-2/h3-6H2,1-2H3. The minimum atomic E-state index is -0.275. The number of hydrogen-bond donors (Lipinski definition) is 0. The molecule has 0 amide bonds. The molecule has 1 aromatic heterocycles. The van der Waals surface area contributed by atoms with Gasteiger partial charge in [-0.2, -0.15) is 0 Å². The second kappa shape index (κ2) is 9.16. The fraction of sp³-hybridized carbons (Fsp3) is 0.600. The van der Waals surface area contributed by atoms with Crippen LogP contribution in [0.2, 0.25) is 0 Å². The van der Waals surface area contributed by atoms with Crippen LogP contribution in [0.4, 0.5) is 0 Å². The molecule has 0 saturated heterocycles. The Bertz CT molecular complexity index is 388. The van der Waals surface area contributed by atoms with Crippen molar-refractivity contribution in [2.75, 3.05) is 24.7 Å². The number of carbonyl (C=O) groups is 2. The monoisotopic (exact) mass is 322 g/mol. The Morgan fingerprint density at radius 3 is 1.79 bits per heavy atom. The summed E-state index contributed by atoms with van der Waals surface area (Å²) < 4.78 is 11.0. The highest BCUT2D eigenvalue weighted by molar-refractivity contribution is 8.03. The Morgan fingerprint density at radius 2 is 1.42 bits per heavy atom. The minimum Gasteiger partial charge on any atom is -0.465 e. The van der Waals surface area contributed by atoms with Gasteiger partial charge in [0, 0.05) is 0 Å². The zero-order chi connectivity index (χ0) is 14.1. The number of nitrogens with zero attached hydrogens (tertiary/aromatic N) is 2. The van der Waals surface area contributed by atoms with Gasteiger partial charge in [-0.1, -0.05) is 34.9 Å². The van der Waals surface area contributed by atoms with Gasteiger partial charge in [0.2, 0.25) is 0 Å². The second-order valence-corrected chi connectivity index (χ2v) is 6.44. The molecular formula is C10H14N2O4S3. The predicted octanol–water partition coefficient (Wildman–Crippen LogP) is 1.85. The lowest BCUT2D eigenvalue weighted by Gasteiger charge is -1.98. The van der Waals surface area contributed by atoms with E-state index < -0.39 is 0 Å². The largest absolute Gasteiger partial charge is 0.465 e. The SMILES string of the molecule is CCOC(=O)CSc1nnc(SCC(=O)OCC)s1. The molecule has 0 spiro atoms. The van der Waals surface area contributed by atoms with Crippen molar-refractivity contribution in [1.29, 1.82) is 0 Å². The molecule has 0 bridgehead atoms. The lowest BCUT2D eigenvalue weighted by Crippen LogP contribution is -2.06. The summed E-state index contributed by atoms with van der Waals surface area (Å²) in [6, 6.07) is 0. The average molecular weight is 322 g/mol. The van der Waals surface area contributed by atoms with E-state index in [0.717, 1.165) is 0 Å². The quantitative estimate of drug-likeness (QED) is 0.530. The Morgan fingerprint density at radius 1 is 1.00 bits per heavy atom. The van der Waals surface area contributed by atoms with Crippen molar-refractivity contribution in [2.45, 2.75) is 22.5 Å². The van der Waals surface area contributed by atoms with Gasteiger partial charge < -0.3 is 9.47 Å². The Kier molecular flexibility index (Phi) is 7.84. The Labute approximate surface area is 123 Å². The number of hydrogen-bond acceptors (Lipinski definition) is 9. The summed E-state index contributed by atoms with van der Waals surface area (Å²) in [7, 11) is 0. The van der Waals surface area contributed by atoms with E-state index in [-0.39, 0.29) is 23.4 Å². The van der Waals surface area contributed by atoms with Gasteiger partial charge in [0.05, 0.1) is 24.7 Å². The third-order valence-electron chi connectivity index (χ3n) is 1.63. The zero-order valence-electron chi connectivity index (χ0n) is 10.6. The molecule has 0 unspecified atom stereocenters. The van der Waals surface area contributed by atoms with Gasteiger partial charge in [0.1, 0.15) is 0 Å². The van der Waals surface area contributed by atoms with Crippen LogP contribution in [0.5, 0.6) is 0 Å². The topological polar surface area (TPSA) is 78.4 Å². The number of esters is 2. The van der Waals surface area contributed by atoms with Crippen molar-refractivity contribution in [2.24, 2.45) is 0 Å². The van der Waals surface area contributed by atoms with Crippen LogP contribution in [0.3, 0.4) is 0 Å². The molecule has 0 radical (unpaired) electrons. The van der Waals surface area contributed by atoms with Crippen molar-refractivity contribution in [3.05, 3.63) is 0 Å². The molecule has 1 rings (SSSR count). The van der Waals surface area contributed by atoms with Crippen LogP contribution in [0.15, 0.2) is 8.68 Å². The maximum absolute atomic E-state index is 11.2. The molecule has 9 heteroatoms. The lowest BCUT2D eigenvalue weighted by atomic mass is 10.8. The van der Waals surface area contributed by atoms with Gasteiger partial charge in [-0.3, -0.25) is 9.59 Å². The average Bonchev–Trinajstić information content (AvgIpc) is 2.83. The number of ether oxygens (including phenoxy) is 2. The van der Waals surface area contributed by atoms with Crippen LogP contribution >= 0.6 is 34.9 Å². The van der Waals surface area contributed by atoms with E-state index in [2.05, 4.69) is 10.2 Å².